The van der Waals surface area contributed by atoms with Gasteiger partial charge in [0.15, 0.2) is 5.75 Å². The first-order chi connectivity index (χ1) is 15.6. The molecule has 2 N–H and O–H groups in total. The summed E-state index contributed by atoms with van der Waals surface area (Å²) in [5.74, 6) is 1.29. The summed E-state index contributed by atoms with van der Waals surface area (Å²) >= 11 is 1.63. The molecule has 160 valence electrons. The van der Waals surface area contributed by atoms with Gasteiger partial charge in [0, 0.05) is 16.2 Å². The van der Waals surface area contributed by atoms with Crippen molar-refractivity contribution in [3.8, 4) is 27.7 Å². The molecule has 1 fully saturated rings. The number of phenolic OH excluding ortho intramolecular Hbond substituents is 1. The number of benzene rings is 3. The van der Waals surface area contributed by atoms with E-state index < -0.39 is 5.97 Å². The van der Waals surface area contributed by atoms with Crippen molar-refractivity contribution in [3.05, 3.63) is 83.9 Å². The summed E-state index contributed by atoms with van der Waals surface area (Å²) in [7, 11) is 0. The summed E-state index contributed by atoms with van der Waals surface area (Å²) in [6.07, 6.45) is 6.36. The predicted octanol–water partition coefficient (Wildman–Crippen LogP) is 7.43. The highest BCUT2D eigenvalue weighted by molar-refractivity contribution is 7.22. The largest absolute Gasteiger partial charge is 0.508 e. The number of hydrogen-bond donors (Lipinski definition) is 2. The van der Waals surface area contributed by atoms with Crippen molar-refractivity contribution >= 4 is 33.5 Å². The highest BCUT2D eigenvalue weighted by Crippen LogP contribution is 2.50. The fourth-order valence-electron chi connectivity index (χ4n) is 4.05. The van der Waals surface area contributed by atoms with Crippen LogP contribution in [0.2, 0.25) is 0 Å². The third-order valence-corrected chi connectivity index (χ3v) is 7.06. The van der Waals surface area contributed by atoms with Gasteiger partial charge in [-0.25, -0.2) is 4.79 Å². The molecule has 0 bridgehead atoms. The predicted molar refractivity (Wildman–Crippen MR) is 129 cm³/mol. The lowest BCUT2D eigenvalue weighted by Gasteiger charge is -2.27. The van der Waals surface area contributed by atoms with E-state index in [-0.39, 0.29) is 5.75 Å². The number of aromatic hydroxyl groups is 1. The van der Waals surface area contributed by atoms with Crippen LogP contribution in [-0.2, 0) is 4.79 Å². The molecule has 0 aliphatic heterocycles. The molecule has 32 heavy (non-hydrogen) atoms. The number of carbonyl (C=O) groups is 1. The fraction of sp³-hybridized carbons (Fsp3) is 0.148. The maximum Gasteiger partial charge on any atom is 0.328 e. The molecule has 0 atom stereocenters. The zero-order valence-corrected chi connectivity index (χ0v) is 18.1. The second-order valence-electron chi connectivity index (χ2n) is 8.00. The van der Waals surface area contributed by atoms with Crippen molar-refractivity contribution in [2.75, 3.05) is 0 Å². The van der Waals surface area contributed by atoms with E-state index in [1.54, 1.807) is 29.5 Å². The van der Waals surface area contributed by atoms with Gasteiger partial charge in [0.05, 0.1) is 4.88 Å². The van der Waals surface area contributed by atoms with E-state index in [1.165, 1.54) is 30.4 Å². The molecule has 3 aromatic carbocycles. The van der Waals surface area contributed by atoms with E-state index in [4.69, 9.17) is 9.84 Å². The van der Waals surface area contributed by atoms with Gasteiger partial charge in [0.2, 0.25) is 0 Å². The zero-order chi connectivity index (χ0) is 22.1. The average molecular weight is 443 g/mol. The monoisotopic (exact) mass is 442 g/mol. The number of phenols is 1. The van der Waals surface area contributed by atoms with Crippen LogP contribution in [0.1, 0.15) is 36.3 Å². The SMILES string of the molecule is O=C(O)C=Cc1ccc(Oc2c(-c3ccccc3C3CCC3)sc3cc(O)ccc23)cc1. The summed E-state index contributed by atoms with van der Waals surface area (Å²) in [6.45, 7) is 0. The van der Waals surface area contributed by atoms with Gasteiger partial charge < -0.3 is 14.9 Å². The average Bonchev–Trinajstić information content (AvgIpc) is 3.09. The lowest BCUT2D eigenvalue weighted by atomic mass is 9.78. The zero-order valence-electron chi connectivity index (χ0n) is 17.3. The van der Waals surface area contributed by atoms with Gasteiger partial charge in [0.25, 0.3) is 0 Å². The summed E-state index contributed by atoms with van der Waals surface area (Å²) < 4.78 is 7.38. The molecule has 1 aliphatic rings. The number of ether oxygens (including phenoxy) is 1. The number of thiophene rings is 1. The topological polar surface area (TPSA) is 66.8 Å². The first kappa shape index (κ1) is 20.3. The van der Waals surface area contributed by atoms with Gasteiger partial charge in [-0.2, -0.15) is 0 Å². The summed E-state index contributed by atoms with van der Waals surface area (Å²) in [5.41, 5.74) is 3.33. The van der Waals surface area contributed by atoms with Crippen LogP contribution in [0.15, 0.2) is 72.8 Å². The molecule has 1 aromatic heterocycles. The lowest BCUT2D eigenvalue weighted by molar-refractivity contribution is -0.131. The number of fused-ring (bicyclic) bond motifs is 1. The highest BCUT2D eigenvalue weighted by Gasteiger charge is 2.25. The van der Waals surface area contributed by atoms with Crippen LogP contribution in [0.4, 0.5) is 0 Å². The molecule has 1 saturated carbocycles. The number of rotatable bonds is 6. The Morgan fingerprint density at radius 2 is 1.81 bits per heavy atom. The molecule has 0 amide bonds. The molecule has 0 unspecified atom stereocenters. The Hall–Kier alpha value is -3.57. The minimum absolute atomic E-state index is 0.235. The van der Waals surface area contributed by atoms with Gasteiger partial charge in [-0.1, -0.05) is 42.8 Å². The maximum absolute atomic E-state index is 10.7. The third-order valence-electron chi connectivity index (χ3n) is 5.90. The molecular weight excluding hydrogens is 420 g/mol. The van der Waals surface area contributed by atoms with Crippen molar-refractivity contribution in [1.29, 1.82) is 0 Å². The Kier molecular flexibility index (Phi) is 5.41. The second kappa shape index (κ2) is 8.52. The molecule has 0 radical (unpaired) electrons. The van der Waals surface area contributed by atoms with Crippen LogP contribution >= 0.6 is 11.3 Å². The number of carboxylic acids is 1. The number of hydrogen-bond acceptors (Lipinski definition) is 4. The van der Waals surface area contributed by atoms with Crippen LogP contribution in [0.25, 0.3) is 26.6 Å². The van der Waals surface area contributed by atoms with Gasteiger partial charge in [-0.15, -0.1) is 11.3 Å². The molecule has 5 heteroatoms. The minimum atomic E-state index is -0.979. The van der Waals surface area contributed by atoms with Crippen LogP contribution in [0, 0.1) is 0 Å². The second-order valence-corrected chi connectivity index (χ2v) is 9.05. The Balaban J connectivity index is 1.58. The summed E-state index contributed by atoms with van der Waals surface area (Å²) in [5, 5.41) is 19.8. The smallest absolute Gasteiger partial charge is 0.328 e. The highest BCUT2D eigenvalue weighted by atomic mass is 32.1. The third kappa shape index (κ3) is 3.99. The van der Waals surface area contributed by atoms with Crippen LogP contribution in [0.5, 0.6) is 17.2 Å². The Labute approximate surface area is 190 Å². The Bertz CT molecular complexity index is 1310. The number of carboxylic acid groups (broad SMARTS) is 1. The normalized spacial score (nSPS) is 14.0. The van der Waals surface area contributed by atoms with Crippen molar-refractivity contribution < 1.29 is 19.7 Å². The molecule has 4 nitrogen and oxygen atoms in total. The van der Waals surface area contributed by atoms with Gasteiger partial charge in [-0.3, -0.25) is 0 Å². The van der Waals surface area contributed by atoms with E-state index in [2.05, 4.69) is 24.3 Å². The van der Waals surface area contributed by atoms with E-state index in [1.807, 2.05) is 30.3 Å². The number of aliphatic carboxylic acids is 1. The van der Waals surface area contributed by atoms with Gasteiger partial charge >= 0.3 is 5.97 Å². The van der Waals surface area contributed by atoms with Gasteiger partial charge in [0.1, 0.15) is 11.5 Å². The molecule has 5 rings (SSSR count). The standard InChI is InChI=1S/C27H22O4S/c28-19-11-14-23-24(16-19)32-27(22-7-2-1-6-21(22)18-4-3-5-18)26(23)31-20-12-8-17(9-13-20)10-15-25(29)30/h1-2,6-16,18,28H,3-5H2,(H,29,30). The van der Waals surface area contributed by atoms with E-state index in [0.29, 0.717) is 11.7 Å². The van der Waals surface area contributed by atoms with Crippen molar-refractivity contribution in [3.63, 3.8) is 0 Å². The first-order valence-corrected chi connectivity index (χ1v) is 11.4. The van der Waals surface area contributed by atoms with E-state index in [0.717, 1.165) is 32.4 Å². The van der Waals surface area contributed by atoms with Crippen LogP contribution in [0.3, 0.4) is 0 Å². The molecule has 4 aromatic rings. The minimum Gasteiger partial charge on any atom is -0.508 e. The van der Waals surface area contributed by atoms with Crippen molar-refractivity contribution in [2.24, 2.45) is 0 Å². The van der Waals surface area contributed by atoms with Gasteiger partial charge in [-0.05, 0) is 71.9 Å². The Morgan fingerprint density at radius 3 is 2.53 bits per heavy atom. The van der Waals surface area contributed by atoms with Crippen molar-refractivity contribution in [2.45, 2.75) is 25.2 Å². The molecular formula is C27H22O4S. The lowest BCUT2D eigenvalue weighted by Crippen LogP contribution is -2.09. The quantitative estimate of drug-likeness (QED) is 0.305. The molecule has 0 spiro atoms. The maximum atomic E-state index is 10.7. The Morgan fingerprint density at radius 1 is 1.03 bits per heavy atom. The molecule has 0 saturated heterocycles. The first-order valence-electron chi connectivity index (χ1n) is 10.6. The molecule has 1 heterocycles. The van der Waals surface area contributed by atoms with E-state index in [9.17, 15) is 9.90 Å². The van der Waals surface area contributed by atoms with Crippen LogP contribution < -0.4 is 4.74 Å². The van der Waals surface area contributed by atoms with Crippen LogP contribution in [-0.4, -0.2) is 16.2 Å². The van der Waals surface area contributed by atoms with E-state index >= 15 is 0 Å². The van der Waals surface area contributed by atoms with Crippen molar-refractivity contribution in [1.82, 2.24) is 0 Å². The summed E-state index contributed by atoms with van der Waals surface area (Å²) in [4.78, 5) is 11.8. The summed E-state index contributed by atoms with van der Waals surface area (Å²) in [6, 6.07) is 21.2. The fourth-order valence-corrected chi connectivity index (χ4v) is 5.26. The molecule has 1 aliphatic carbocycles.